The summed E-state index contributed by atoms with van der Waals surface area (Å²) >= 11 is 0. The number of aliphatic hydroxyl groups excluding tert-OH is 1. The van der Waals surface area contributed by atoms with Gasteiger partial charge < -0.3 is 9.67 Å². The summed E-state index contributed by atoms with van der Waals surface area (Å²) in [4.78, 5) is 28.9. The third kappa shape index (κ3) is 4.12. The number of hydrogen-bond acceptors (Lipinski definition) is 3. The van der Waals surface area contributed by atoms with Crippen molar-refractivity contribution in [2.75, 3.05) is 4.90 Å². The molecule has 194 valence electrons. The molecule has 5 heteroatoms. The molecule has 1 aromatic heterocycles. The molecular weight excluding hydrogens is 472 g/mol. The molecule has 0 saturated carbocycles. The zero-order chi connectivity index (χ0) is 27.4. The van der Waals surface area contributed by atoms with Gasteiger partial charge >= 0.3 is 0 Å². The van der Waals surface area contributed by atoms with Crippen LogP contribution in [0.2, 0.25) is 0 Å². The molecule has 2 heterocycles. The number of ketones is 1. The number of amides is 1. The molecule has 5 nitrogen and oxygen atoms in total. The number of benzene rings is 3. The van der Waals surface area contributed by atoms with E-state index in [-0.39, 0.29) is 16.7 Å². The van der Waals surface area contributed by atoms with Gasteiger partial charge in [-0.3, -0.25) is 14.5 Å². The standard InChI is InChI=1S/C33H34N2O3/c1-7-21-13-16-23(17-14-21)35-29(26-19-34(6)27-11-9-8-10-24(26)27)28(31(37)32(35)38)30(36)25-18-22(33(3,4)5)15-12-20(25)2/h8-19,29,36H,7H2,1-6H3/b30-28+. The van der Waals surface area contributed by atoms with Crippen molar-refractivity contribution >= 4 is 34.0 Å². The zero-order valence-corrected chi connectivity index (χ0v) is 22.9. The van der Waals surface area contributed by atoms with E-state index in [2.05, 4.69) is 27.7 Å². The van der Waals surface area contributed by atoms with E-state index in [1.54, 1.807) is 0 Å². The van der Waals surface area contributed by atoms with E-state index in [1.807, 2.05) is 91.5 Å². The molecule has 0 spiro atoms. The Labute approximate surface area is 224 Å². The van der Waals surface area contributed by atoms with Crippen molar-refractivity contribution in [3.8, 4) is 0 Å². The maximum Gasteiger partial charge on any atom is 0.300 e. The second-order valence-corrected chi connectivity index (χ2v) is 11.2. The van der Waals surface area contributed by atoms with E-state index < -0.39 is 17.7 Å². The third-order valence-corrected chi connectivity index (χ3v) is 7.65. The molecule has 1 atom stereocenters. The number of nitrogens with zero attached hydrogens (tertiary/aromatic N) is 2. The number of para-hydroxylation sites is 1. The molecule has 0 aliphatic carbocycles. The monoisotopic (exact) mass is 506 g/mol. The smallest absolute Gasteiger partial charge is 0.300 e. The predicted molar refractivity (Wildman–Crippen MR) is 153 cm³/mol. The molecule has 5 rings (SSSR count). The van der Waals surface area contributed by atoms with Gasteiger partial charge in [0.15, 0.2) is 0 Å². The lowest BCUT2D eigenvalue weighted by molar-refractivity contribution is -0.132. The number of rotatable bonds is 4. The van der Waals surface area contributed by atoms with Gasteiger partial charge in [-0.05, 0) is 59.7 Å². The molecule has 0 bridgehead atoms. The van der Waals surface area contributed by atoms with Crippen LogP contribution in [0, 0.1) is 6.92 Å². The van der Waals surface area contributed by atoms with Crippen LogP contribution in [0.4, 0.5) is 5.69 Å². The summed E-state index contributed by atoms with van der Waals surface area (Å²) in [5.74, 6) is -1.46. The number of anilines is 1. The highest BCUT2D eigenvalue weighted by molar-refractivity contribution is 6.52. The quantitative estimate of drug-likeness (QED) is 0.185. The first kappa shape index (κ1) is 25.5. The molecule has 0 radical (unpaired) electrons. The Morgan fingerprint density at radius 1 is 0.974 bits per heavy atom. The second-order valence-electron chi connectivity index (χ2n) is 11.2. The van der Waals surface area contributed by atoms with Crippen molar-refractivity contribution < 1.29 is 14.7 Å². The fourth-order valence-electron chi connectivity index (χ4n) is 5.36. The Hall–Kier alpha value is -4.12. The lowest BCUT2D eigenvalue weighted by Crippen LogP contribution is -2.29. The highest BCUT2D eigenvalue weighted by Gasteiger charge is 2.48. The van der Waals surface area contributed by atoms with Crippen molar-refractivity contribution in [1.29, 1.82) is 0 Å². The van der Waals surface area contributed by atoms with Crippen molar-refractivity contribution in [3.63, 3.8) is 0 Å². The molecule has 1 fully saturated rings. The Morgan fingerprint density at radius 3 is 2.32 bits per heavy atom. The fourth-order valence-corrected chi connectivity index (χ4v) is 5.36. The van der Waals surface area contributed by atoms with Crippen LogP contribution < -0.4 is 4.90 Å². The average molecular weight is 507 g/mol. The van der Waals surface area contributed by atoms with E-state index >= 15 is 0 Å². The maximum absolute atomic E-state index is 13.7. The summed E-state index contributed by atoms with van der Waals surface area (Å²) in [6, 6.07) is 20.8. The normalized spacial score (nSPS) is 17.5. The first-order valence-corrected chi connectivity index (χ1v) is 13.1. The van der Waals surface area contributed by atoms with Gasteiger partial charge in [-0.25, -0.2) is 0 Å². The minimum Gasteiger partial charge on any atom is -0.507 e. The number of fused-ring (bicyclic) bond motifs is 1. The zero-order valence-electron chi connectivity index (χ0n) is 22.9. The largest absolute Gasteiger partial charge is 0.507 e. The number of aromatic nitrogens is 1. The SMILES string of the molecule is CCc1ccc(N2C(=O)C(=O)/C(=C(/O)c3cc(C(C)(C)C)ccc3C)C2c2cn(C)c3ccccc23)cc1. The molecule has 38 heavy (non-hydrogen) atoms. The molecule has 1 N–H and O–H groups in total. The Bertz CT molecular complexity index is 1600. The number of carbonyl (C=O) groups excluding carboxylic acids is 2. The summed E-state index contributed by atoms with van der Waals surface area (Å²) < 4.78 is 2.00. The lowest BCUT2D eigenvalue weighted by Gasteiger charge is -2.26. The topological polar surface area (TPSA) is 62.5 Å². The van der Waals surface area contributed by atoms with E-state index in [0.29, 0.717) is 11.3 Å². The van der Waals surface area contributed by atoms with Gasteiger partial charge in [-0.2, -0.15) is 0 Å². The van der Waals surface area contributed by atoms with Crippen LogP contribution in [0.5, 0.6) is 0 Å². The number of aliphatic hydroxyl groups is 1. The van der Waals surface area contributed by atoms with E-state index in [4.69, 9.17) is 0 Å². The summed E-state index contributed by atoms with van der Waals surface area (Å²) in [6.07, 6.45) is 2.83. The van der Waals surface area contributed by atoms with Gasteiger partial charge in [0.2, 0.25) is 0 Å². The second kappa shape index (κ2) is 9.32. The highest BCUT2D eigenvalue weighted by Crippen LogP contribution is 2.45. The predicted octanol–water partition coefficient (Wildman–Crippen LogP) is 6.97. The number of Topliss-reactive ketones (excluding diaryl/α,β-unsaturated/α-hetero) is 1. The Morgan fingerprint density at radius 2 is 1.66 bits per heavy atom. The molecule has 1 aliphatic heterocycles. The maximum atomic E-state index is 13.7. The molecule has 1 aliphatic rings. The molecule has 3 aromatic carbocycles. The summed E-state index contributed by atoms with van der Waals surface area (Å²) in [5.41, 5.74) is 5.96. The van der Waals surface area contributed by atoms with Crippen LogP contribution in [-0.4, -0.2) is 21.4 Å². The van der Waals surface area contributed by atoms with Crippen LogP contribution in [0.25, 0.3) is 16.7 Å². The van der Waals surface area contributed by atoms with Crippen LogP contribution in [0.1, 0.15) is 61.6 Å². The van der Waals surface area contributed by atoms with Gasteiger partial charge in [0, 0.05) is 41.0 Å². The van der Waals surface area contributed by atoms with Crippen LogP contribution >= 0.6 is 0 Å². The Kier molecular flexibility index (Phi) is 6.26. The Balaban J connectivity index is 1.80. The van der Waals surface area contributed by atoms with Crippen LogP contribution in [-0.2, 0) is 28.5 Å². The summed E-state index contributed by atoms with van der Waals surface area (Å²) in [7, 11) is 1.95. The lowest BCUT2D eigenvalue weighted by atomic mass is 9.84. The molecule has 1 saturated heterocycles. The van der Waals surface area contributed by atoms with Gasteiger partial charge in [0.1, 0.15) is 5.76 Å². The molecule has 1 unspecified atom stereocenters. The molecular formula is C33H34N2O3. The number of hydrogen-bond donors (Lipinski definition) is 1. The number of aryl methyl sites for hydroxylation is 3. The van der Waals surface area contributed by atoms with Gasteiger partial charge in [0.25, 0.3) is 11.7 Å². The molecule has 1 amide bonds. The molecule has 4 aromatic rings. The van der Waals surface area contributed by atoms with Crippen molar-refractivity contribution in [1.82, 2.24) is 4.57 Å². The third-order valence-electron chi connectivity index (χ3n) is 7.65. The van der Waals surface area contributed by atoms with Crippen molar-refractivity contribution in [3.05, 3.63) is 106 Å². The van der Waals surface area contributed by atoms with E-state index in [0.717, 1.165) is 39.6 Å². The first-order chi connectivity index (χ1) is 18.0. The first-order valence-electron chi connectivity index (χ1n) is 13.1. The van der Waals surface area contributed by atoms with E-state index in [1.165, 1.54) is 4.90 Å². The van der Waals surface area contributed by atoms with Gasteiger partial charge in [-0.1, -0.05) is 70.2 Å². The van der Waals surface area contributed by atoms with Crippen molar-refractivity contribution in [2.45, 2.75) is 52.5 Å². The summed E-state index contributed by atoms with van der Waals surface area (Å²) in [5, 5.41) is 12.7. The number of carbonyl (C=O) groups is 2. The average Bonchev–Trinajstić information content (AvgIpc) is 3.36. The fraction of sp³-hybridized carbons (Fsp3) is 0.273. The van der Waals surface area contributed by atoms with E-state index in [9.17, 15) is 14.7 Å². The van der Waals surface area contributed by atoms with Crippen LogP contribution in [0.15, 0.2) is 78.5 Å². The van der Waals surface area contributed by atoms with Gasteiger partial charge in [0.05, 0.1) is 11.6 Å². The van der Waals surface area contributed by atoms with Crippen molar-refractivity contribution in [2.24, 2.45) is 7.05 Å². The highest BCUT2D eigenvalue weighted by atomic mass is 16.3. The minimum atomic E-state index is -0.772. The minimum absolute atomic E-state index is 0.111. The summed E-state index contributed by atoms with van der Waals surface area (Å²) in [6.45, 7) is 10.3. The van der Waals surface area contributed by atoms with Crippen LogP contribution in [0.3, 0.4) is 0 Å². The van der Waals surface area contributed by atoms with Gasteiger partial charge in [-0.15, -0.1) is 0 Å².